The van der Waals surface area contributed by atoms with Gasteiger partial charge in [0.25, 0.3) is 0 Å². The summed E-state index contributed by atoms with van der Waals surface area (Å²) in [5.41, 5.74) is 10.5. The van der Waals surface area contributed by atoms with Gasteiger partial charge >= 0.3 is 0 Å². The summed E-state index contributed by atoms with van der Waals surface area (Å²) in [6.45, 7) is 1.98. The van der Waals surface area contributed by atoms with Crippen LogP contribution in [0.3, 0.4) is 0 Å². The molecule has 3 nitrogen and oxygen atoms in total. The zero-order valence-electron chi connectivity index (χ0n) is 11.4. The van der Waals surface area contributed by atoms with Crippen LogP contribution in [-0.4, -0.2) is 4.98 Å². The van der Waals surface area contributed by atoms with Crippen molar-refractivity contribution in [1.29, 1.82) is 0 Å². The Morgan fingerprint density at radius 1 is 1.19 bits per heavy atom. The average molecular weight is 316 g/mol. The highest BCUT2D eigenvalue weighted by Gasteiger charge is 2.07. The van der Waals surface area contributed by atoms with Crippen molar-refractivity contribution in [2.75, 3.05) is 11.1 Å². The highest BCUT2D eigenvalue weighted by Crippen LogP contribution is 2.30. The molecule has 0 aliphatic carbocycles. The minimum atomic E-state index is 0.737. The molecule has 21 heavy (non-hydrogen) atoms. The van der Waals surface area contributed by atoms with Crippen LogP contribution >= 0.6 is 22.9 Å². The van der Waals surface area contributed by atoms with E-state index in [1.807, 2.05) is 54.8 Å². The Morgan fingerprint density at radius 3 is 2.81 bits per heavy atom. The normalized spacial score (nSPS) is 10.6. The second kappa shape index (κ2) is 5.76. The Hall–Kier alpha value is -2.04. The molecule has 0 saturated heterocycles. The van der Waals surface area contributed by atoms with Crippen LogP contribution < -0.4 is 11.1 Å². The van der Waals surface area contributed by atoms with Gasteiger partial charge in [-0.25, -0.2) is 4.98 Å². The number of anilines is 3. The van der Waals surface area contributed by atoms with E-state index in [0.29, 0.717) is 0 Å². The van der Waals surface area contributed by atoms with Gasteiger partial charge in [0.1, 0.15) is 0 Å². The Balaban J connectivity index is 1.87. The van der Waals surface area contributed by atoms with E-state index >= 15 is 0 Å². The highest BCUT2D eigenvalue weighted by atomic mass is 35.5. The molecule has 1 aromatic heterocycles. The van der Waals surface area contributed by atoms with Crippen molar-refractivity contribution in [2.45, 2.75) is 6.92 Å². The molecule has 106 valence electrons. The van der Waals surface area contributed by atoms with E-state index in [9.17, 15) is 0 Å². The molecule has 0 unspecified atom stereocenters. The Kier molecular flexibility index (Phi) is 3.82. The molecule has 2 aromatic carbocycles. The number of thiazole rings is 1. The summed E-state index contributed by atoms with van der Waals surface area (Å²) >= 11 is 7.68. The molecule has 1 heterocycles. The van der Waals surface area contributed by atoms with Gasteiger partial charge in [0.15, 0.2) is 5.13 Å². The summed E-state index contributed by atoms with van der Waals surface area (Å²) in [5, 5.41) is 6.89. The third-order valence-electron chi connectivity index (χ3n) is 3.20. The number of benzene rings is 2. The molecule has 0 radical (unpaired) electrons. The van der Waals surface area contributed by atoms with Gasteiger partial charge in [0, 0.05) is 27.3 Å². The predicted molar refractivity (Wildman–Crippen MR) is 91.4 cm³/mol. The average Bonchev–Trinajstić information content (AvgIpc) is 2.93. The summed E-state index contributed by atoms with van der Waals surface area (Å²) in [6.07, 6.45) is 0. The summed E-state index contributed by atoms with van der Waals surface area (Å²) in [7, 11) is 0. The van der Waals surface area contributed by atoms with E-state index in [1.165, 1.54) is 0 Å². The molecule has 0 bridgehead atoms. The van der Waals surface area contributed by atoms with Crippen LogP contribution in [0.2, 0.25) is 5.02 Å². The van der Waals surface area contributed by atoms with Crippen molar-refractivity contribution < 1.29 is 0 Å². The lowest BCUT2D eigenvalue weighted by Crippen LogP contribution is -1.93. The summed E-state index contributed by atoms with van der Waals surface area (Å²) in [5.74, 6) is 0. The molecule has 5 heteroatoms. The minimum Gasteiger partial charge on any atom is -0.399 e. The van der Waals surface area contributed by atoms with E-state index < -0.39 is 0 Å². The van der Waals surface area contributed by atoms with Crippen molar-refractivity contribution in [1.82, 2.24) is 4.98 Å². The van der Waals surface area contributed by atoms with Crippen molar-refractivity contribution in [3.8, 4) is 11.3 Å². The van der Waals surface area contributed by atoms with Crippen molar-refractivity contribution in [2.24, 2.45) is 0 Å². The molecule has 3 rings (SSSR count). The fourth-order valence-electron chi connectivity index (χ4n) is 2.02. The number of hydrogen-bond acceptors (Lipinski definition) is 4. The van der Waals surface area contributed by atoms with Crippen LogP contribution in [0.5, 0.6) is 0 Å². The first-order valence-corrected chi connectivity index (χ1v) is 7.73. The summed E-state index contributed by atoms with van der Waals surface area (Å²) < 4.78 is 0. The maximum atomic E-state index is 6.13. The molecule has 0 atom stereocenters. The quantitative estimate of drug-likeness (QED) is 0.661. The van der Waals surface area contributed by atoms with Crippen LogP contribution in [0.15, 0.2) is 47.8 Å². The molecule has 0 aliphatic rings. The van der Waals surface area contributed by atoms with Gasteiger partial charge in [-0.3, -0.25) is 0 Å². The van der Waals surface area contributed by atoms with E-state index in [0.717, 1.165) is 38.3 Å². The maximum Gasteiger partial charge on any atom is 0.187 e. The molecular formula is C16H14ClN3S. The third kappa shape index (κ3) is 3.01. The lowest BCUT2D eigenvalue weighted by molar-refractivity contribution is 1.36. The fraction of sp³-hybridized carbons (Fsp3) is 0.0625. The largest absolute Gasteiger partial charge is 0.399 e. The third-order valence-corrected chi connectivity index (χ3v) is 4.36. The molecule has 0 spiro atoms. The number of halogens is 1. The van der Waals surface area contributed by atoms with Crippen LogP contribution in [0, 0.1) is 6.92 Å². The molecular weight excluding hydrogens is 302 g/mol. The number of nitrogens with one attached hydrogen (secondary N) is 1. The Morgan fingerprint density at radius 2 is 2.00 bits per heavy atom. The number of hydrogen-bond donors (Lipinski definition) is 2. The van der Waals surface area contributed by atoms with Gasteiger partial charge in [-0.15, -0.1) is 11.3 Å². The van der Waals surface area contributed by atoms with Crippen molar-refractivity contribution in [3.05, 3.63) is 58.4 Å². The van der Waals surface area contributed by atoms with Gasteiger partial charge in [0.2, 0.25) is 0 Å². The summed E-state index contributed by atoms with van der Waals surface area (Å²) in [6, 6.07) is 13.5. The van der Waals surface area contributed by atoms with E-state index in [2.05, 4.69) is 10.3 Å². The Bertz CT molecular complexity index is 783. The number of aromatic nitrogens is 1. The summed E-state index contributed by atoms with van der Waals surface area (Å²) in [4.78, 5) is 4.60. The van der Waals surface area contributed by atoms with Gasteiger partial charge in [-0.2, -0.15) is 0 Å². The second-order valence-corrected chi connectivity index (χ2v) is 5.97. The molecule has 0 fully saturated rings. The van der Waals surface area contributed by atoms with Crippen LogP contribution in [0.25, 0.3) is 11.3 Å². The molecule has 0 saturated carbocycles. The van der Waals surface area contributed by atoms with E-state index in [1.54, 1.807) is 11.3 Å². The fourth-order valence-corrected chi connectivity index (χ4v) is 2.93. The first-order chi connectivity index (χ1) is 10.1. The first kappa shape index (κ1) is 13.9. The van der Waals surface area contributed by atoms with Gasteiger partial charge in [-0.05, 0) is 36.8 Å². The van der Waals surface area contributed by atoms with Crippen molar-refractivity contribution >= 4 is 39.4 Å². The molecule has 0 aliphatic heterocycles. The lowest BCUT2D eigenvalue weighted by atomic mass is 10.1. The predicted octanol–water partition coefficient (Wildman–Crippen LogP) is 5.10. The number of nitrogens with zero attached hydrogens (tertiary/aromatic N) is 1. The SMILES string of the molecule is Cc1c(Cl)cccc1Nc1nc(-c2cccc(N)c2)cs1. The van der Waals surface area contributed by atoms with E-state index in [4.69, 9.17) is 17.3 Å². The molecule has 3 aromatic rings. The van der Waals surface area contributed by atoms with Gasteiger partial charge in [-0.1, -0.05) is 29.8 Å². The smallest absolute Gasteiger partial charge is 0.187 e. The number of rotatable bonds is 3. The minimum absolute atomic E-state index is 0.737. The lowest BCUT2D eigenvalue weighted by Gasteiger charge is -2.07. The maximum absolute atomic E-state index is 6.13. The standard InChI is InChI=1S/C16H14ClN3S/c1-10-13(17)6-3-7-14(10)19-16-20-15(9-21-16)11-4-2-5-12(18)8-11/h2-9H,18H2,1H3,(H,19,20). The zero-order chi connectivity index (χ0) is 14.8. The van der Waals surface area contributed by atoms with E-state index in [-0.39, 0.29) is 0 Å². The molecule has 3 N–H and O–H groups in total. The number of nitrogens with two attached hydrogens (primary N) is 1. The number of nitrogen functional groups attached to an aromatic ring is 1. The topological polar surface area (TPSA) is 50.9 Å². The highest BCUT2D eigenvalue weighted by molar-refractivity contribution is 7.14. The van der Waals surface area contributed by atoms with Gasteiger partial charge in [0.05, 0.1) is 5.69 Å². The Labute approximate surface area is 132 Å². The zero-order valence-corrected chi connectivity index (χ0v) is 13.0. The first-order valence-electron chi connectivity index (χ1n) is 6.47. The van der Waals surface area contributed by atoms with Crippen molar-refractivity contribution in [3.63, 3.8) is 0 Å². The monoisotopic (exact) mass is 315 g/mol. The second-order valence-electron chi connectivity index (χ2n) is 4.70. The van der Waals surface area contributed by atoms with Gasteiger partial charge < -0.3 is 11.1 Å². The van der Waals surface area contributed by atoms with Crippen LogP contribution in [0.1, 0.15) is 5.56 Å². The van der Waals surface area contributed by atoms with Crippen LogP contribution in [0.4, 0.5) is 16.5 Å². The molecule has 0 amide bonds. The van der Waals surface area contributed by atoms with Crippen LogP contribution in [-0.2, 0) is 0 Å².